The molecule has 0 radical (unpaired) electrons. The van der Waals surface area contributed by atoms with E-state index in [0.717, 1.165) is 0 Å². The SMILES string of the molecule is CCOc1ccc(C(=O)OCC(=O)N2N=C(c3ccco3)CC2c2ccco2)cc1OCC. The van der Waals surface area contributed by atoms with Gasteiger partial charge in [0.15, 0.2) is 18.1 Å². The van der Waals surface area contributed by atoms with Crippen molar-refractivity contribution in [3.05, 3.63) is 72.1 Å². The van der Waals surface area contributed by atoms with E-state index in [1.54, 1.807) is 42.7 Å². The van der Waals surface area contributed by atoms with Crippen molar-refractivity contribution in [1.82, 2.24) is 5.01 Å². The van der Waals surface area contributed by atoms with E-state index < -0.39 is 24.5 Å². The van der Waals surface area contributed by atoms with Crippen molar-refractivity contribution < 1.29 is 32.6 Å². The Morgan fingerprint density at radius 1 is 1.03 bits per heavy atom. The minimum Gasteiger partial charge on any atom is -0.490 e. The molecule has 1 amide bonds. The normalized spacial score (nSPS) is 15.3. The molecule has 1 atom stereocenters. The van der Waals surface area contributed by atoms with E-state index in [1.165, 1.54) is 17.3 Å². The number of ether oxygens (including phenoxy) is 3. The fourth-order valence-electron chi connectivity index (χ4n) is 3.49. The van der Waals surface area contributed by atoms with Gasteiger partial charge in [-0.05, 0) is 56.3 Å². The van der Waals surface area contributed by atoms with E-state index in [2.05, 4.69) is 5.10 Å². The molecule has 1 aliphatic rings. The van der Waals surface area contributed by atoms with Crippen LogP contribution in [0.3, 0.4) is 0 Å². The smallest absolute Gasteiger partial charge is 0.338 e. The fraction of sp³-hybridized carbons (Fsp3) is 0.292. The molecule has 0 N–H and O–H groups in total. The van der Waals surface area contributed by atoms with Gasteiger partial charge in [0.05, 0.1) is 31.3 Å². The highest BCUT2D eigenvalue weighted by atomic mass is 16.5. The first-order valence-corrected chi connectivity index (χ1v) is 10.6. The Balaban J connectivity index is 1.46. The van der Waals surface area contributed by atoms with Gasteiger partial charge in [-0.2, -0.15) is 5.10 Å². The van der Waals surface area contributed by atoms with Crippen LogP contribution in [0.25, 0.3) is 0 Å². The number of benzene rings is 1. The van der Waals surface area contributed by atoms with Crippen molar-refractivity contribution >= 4 is 17.6 Å². The van der Waals surface area contributed by atoms with Crippen LogP contribution in [0.5, 0.6) is 11.5 Å². The van der Waals surface area contributed by atoms with Gasteiger partial charge in [-0.1, -0.05) is 0 Å². The van der Waals surface area contributed by atoms with Crippen LogP contribution >= 0.6 is 0 Å². The predicted molar refractivity (Wildman–Crippen MR) is 117 cm³/mol. The molecule has 4 rings (SSSR count). The number of hydrogen-bond donors (Lipinski definition) is 0. The molecule has 0 aliphatic carbocycles. The van der Waals surface area contributed by atoms with E-state index in [-0.39, 0.29) is 5.56 Å². The van der Waals surface area contributed by atoms with Crippen molar-refractivity contribution in [1.29, 1.82) is 0 Å². The highest BCUT2D eigenvalue weighted by Gasteiger charge is 2.36. The summed E-state index contributed by atoms with van der Waals surface area (Å²) in [5, 5.41) is 5.68. The minimum absolute atomic E-state index is 0.249. The topological polar surface area (TPSA) is 104 Å². The molecule has 0 bridgehead atoms. The molecular weight excluding hydrogens is 428 g/mol. The van der Waals surface area contributed by atoms with Crippen LogP contribution in [-0.2, 0) is 9.53 Å². The van der Waals surface area contributed by atoms with Gasteiger partial charge >= 0.3 is 5.97 Å². The molecule has 33 heavy (non-hydrogen) atoms. The number of rotatable bonds is 9. The van der Waals surface area contributed by atoms with E-state index in [0.29, 0.717) is 48.4 Å². The number of nitrogens with zero attached hydrogens (tertiary/aromatic N) is 2. The zero-order chi connectivity index (χ0) is 23.2. The molecular formula is C24H24N2O7. The number of furan rings is 2. The van der Waals surface area contributed by atoms with Gasteiger partial charge in [-0.25, -0.2) is 9.80 Å². The Hall–Kier alpha value is -4.01. The van der Waals surface area contributed by atoms with Gasteiger partial charge in [-0.15, -0.1) is 0 Å². The third-order valence-electron chi connectivity index (χ3n) is 4.95. The maximum atomic E-state index is 12.9. The Bertz CT molecular complexity index is 1120. The molecule has 0 saturated carbocycles. The number of esters is 1. The first kappa shape index (κ1) is 22.2. The van der Waals surface area contributed by atoms with E-state index in [9.17, 15) is 9.59 Å². The maximum absolute atomic E-state index is 12.9. The Kier molecular flexibility index (Phi) is 6.77. The molecule has 0 spiro atoms. The first-order valence-electron chi connectivity index (χ1n) is 10.6. The monoisotopic (exact) mass is 452 g/mol. The predicted octanol–water partition coefficient (Wildman–Crippen LogP) is 4.20. The number of carbonyl (C=O) groups is 2. The summed E-state index contributed by atoms with van der Waals surface area (Å²) in [5.74, 6) is 0.971. The average Bonchev–Trinajstić information content (AvgIpc) is 3.59. The van der Waals surface area contributed by atoms with Crippen molar-refractivity contribution in [2.75, 3.05) is 19.8 Å². The summed E-state index contributed by atoms with van der Waals surface area (Å²) in [6.45, 7) is 4.09. The van der Waals surface area contributed by atoms with Crippen molar-refractivity contribution in [3.8, 4) is 11.5 Å². The number of amides is 1. The van der Waals surface area contributed by atoms with Crippen molar-refractivity contribution in [3.63, 3.8) is 0 Å². The van der Waals surface area contributed by atoms with Gasteiger partial charge in [0.2, 0.25) is 0 Å². The third-order valence-corrected chi connectivity index (χ3v) is 4.95. The zero-order valence-corrected chi connectivity index (χ0v) is 18.4. The molecule has 0 saturated heterocycles. The molecule has 1 aromatic carbocycles. The van der Waals surface area contributed by atoms with Crippen molar-refractivity contribution in [2.45, 2.75) is 26.3 Å². The van der Waals surface area contributed by atoms with Gasteiger partial charge in [0.25, 0.3) is 5.91 Å². The molecule has 9 nitrogen and oxygen atoms in total. The maximum Gasteiger partial charge on any atom is 0.338 e. The molecule has 0 fully saturated rings. The number of hydrazone groups is 1. The Morgan fingerprint density at radius 3 is 2.48 bits per heavy atom. The van der Waals surface area contributed by atoms with Crippen LogP contribution in [-0.4, -0.2) is 42.4 Å². The summed E-state index contributed by atoms with van der Waals surface area (Å²) < 4.78 is 27.2. The van der Waals surface area contributed by atoms with Gasteiger partial charge in [0.1, 0.15) is 23.3 Å². The lowest BCUT2D eigenvalue weighted by molar-refractivity contribution is -0.136. The Labute approximate surface area is 190 Å². The fourth-order valence-corrected chi connectivity index (χ4v) is 3.49. The molecule has 3 heterocycles. The summed E-state index contributed by atoms with van der Waals surface area (Å²) in [4.78, 5) is 25.5. The molecule has 1 aliphatic heterocycles. The number of hydrogen-bond acceptors (Lipinski definition) is 8. The van der Waals surface area contributed by atoms with Gasteiger partial charge in [0, 0.05) is 6.42 Å². The van der Waals surface area contributed by atoms with Crippen LogP contribution in [0.1, 0.15) is 48.2 Å². The van der Waals surface area contributed by atoms with Crippen molar-refractivity contribution in [2.24, 2.45) is 5.10 Å². The lowest BCUT2D eigenvalue weighted by Gasteiger charge is -2.19. The minimum atomic E-state index is -0.656. The second kappa shape index (κ2) is 10.1. The standard InChI is InChI=1S/C24H24N2O7/c1-3-29-21-10-9-16(13-22(21)30-4-2)24(28)33-15-23(27)26-18(20-8-6-12-32-20)14-17(25-26)19-7-5-11-31-19/h5-13,18H,3-4,14-15H2,1-2H3. The van der Waals surface area contributed by atoms with E-state index in [4.69, 9.17) is 23.0 Å². The van der Waals surface area contributed by atoms with Crippen LogP contribution in [0.15, 0.2) is 68.9 Å². The van der Waals surface area contributed by atoms with Gasteiger partial charge < -0.3 is 23.0 Å². The highest BCUT2D eigenvalue weighted by Crippen LogP contribution is 2.33. The second-order valence-electron chi connectivity index (χ2n) is 7.10. The Morgan fingerprint density at radius 2 is 1.79 bits per heavy atom. The highest BCUT2D eigenvalue weighted by molar-refractivity contribution is 6.01. The zero-order valence-electron chi connectivity index (χ0n) is 18.4. The summed E-state index contributed by atoms with van der Waals surface area (Å²) in [6.07, 6.45) is 3.49. The summed E-state index contributed by atoms with van der Waals surface area (Å²) in [5.41, 5.74) is 0.854. The van der Waals surface area contributed by atoms with Crippen LogP contribution in [0.4, 0.5) is 0 Å². The second-order valence-corrected chi connectivity index (χ2v) is 7.10. The van der Waals surface area contributed by atoms with Crippen LogP contribution in [0, 0.1) is 0 Å². The quantitative estimate of drug-likeness (QED) is 0.448. The summed E-state index contributed by atoms with van der Waals surface area (Å²) in [7, 11) is 0. The molecule has 172 valence electrons. The summed E-state index contributed by atoms with van der Waals surface area (Å²) >= 11 is 0. The van der Waals surface area contributed by atoms with E-state index in [1.807, 2.05) is 13.8 Å². The lowest BCUT2D eigenvalue weighted by Crippen LogP contribution is -2.31. The molecule has 2 aromatic heterocycles. The van der Waals surface area contributed by atoms with Crippen LogP contribution < -0.4 is 9.47 Å². The average molecular weight is 452 g/mol. The molecule has 9 heteroatoms. The molecule has 1 unspecified atom stereocenters. The van der Waals surface area contributed by atoms with E-state index >= 15 is 0 Å². The summed E-state index contributed by atoms with van der Waals surface area (Å²) in [6, 6.07) is 11.3. The number of carbonyl (C=O) groups excluding carboxylic acids is 2. The molecule has 3 aromatic rings. The lowest BCUT2D eigenvalue weighted by atomic mass is 10.1. The third kappa shape index (κ3) is 4.92. The first-order chi connectivity index (χ1) is 16.1. The van der Waals surface area contributed by atoms with Crippen LogP contribution in [0.2, 0.25) is 0 Å². The van der Waals surface area contributed by atoms with Gasteiger partial charge in [-0.3, -0.25) is 4.79 Å². The largest absolute Gasteiger partial charge is 0.490 e.